The van der Waals surface area contributed by atoms with Gasteiger partial charge in [-0.1, -0.05) is 61.4 Å². The van der Waals surface area contributed by atoms with E-state index in [0.717, 1.165) is 12.5 Å². The summed E-state index contributed by atoms with van der Waals surface area (Å²) in [6.45, 7) is 1.80. The van der Waals surface area contributed by atoms with Crippen molar-refractivity contribution in [3.63, 3.8) is 0 Å². The van der Waals surface area contributed by atoms with Gasteiger partial charge >= 0.3 is 0 Å². The van der Waals surface area contributed by atoms with Crippen molar-refractivity contribution in [3.05, 3.63) is 71.8 Å². The van der Waals surface area contributed by atoms with Crippen molar-refractivity contribution < 1.29 is 9.90 Å². The molecule has 2 aromatic carbocycles. The lowest BCUT2D eigenvalue weighted by atomic mass is 9.74. The Morgan fingerprint density at radius 1 is 0.964 bits per heavy atom. The third kappa shape index (κ3) is 3.98. The molecular formula is C24H30N2O2. The minimum absolute atomic E-state index is 0.0272. The van der Waals surface area contributed by atoms with Crippen LogP contribution in [0, 0.1) is 5.92 Å². The number of nitrogens with zero attached hydrogens (tertiary/aromatic N) is 1. The third-order valence-corrected chi connectivity index (χ3v) is 6.50. The molecule has 3 atom stereocenters. The molecule has 2 fully saturated rings. The number of carbonyl (C=O) groups excluding carboxylic acids is 1. The van der Waals surface area contributed by atoms with Crippen LogP contribution in [0.2, 0.25) is 0 Å². The quantitative estimate of drug-likeness (QED) is 0.776. The van der Waals surface area contributed by atoms with Crippen molar-refractivity contribution in [2.24, 2.45) is 5.92 Å². The summed E-state index contributed by atoms with van der Waals surface area (Å²) in [4.78, 5) is 15.0. The first kappa shape index (κ1) is 19.2. The number of hydrogen-bond donors (Lipinski definition) is 2. The Hall–Kier alpha value is -2.17. The Morgan fingerprint density at radius 3 is 2.25 bits per heavy atom. The second-order valence-corrected chi connectivity index (χ2v) is 8.18. The molecule has 0 aromatic heterocycles. The number of hydrogen-bond acceptors (Lipinski definition) is 3. The van der Waals surface area contributed by atoms with Gasteiger partial charge in [0.1, 0.15) is 0 Å². The fraction of sp³-hybridized carbons (Fsp3) is 0.458. The van der Waals surface area contributed by atoms with Gasteiger partial charge in [-0.25, -0.2) is 0 Å². The van der Waals surface area contributed by atoms with Crippen LogP contribution >= 0.6 is 0 Å². The molecule has 2 aliphatic rings. The first-order valence-corrected chi connectivity index (χ1v) is 10.5. The van der Waals surface area contributed by atoms with Gasteiger partial charge in [-0.2, -0.15) is 0 Å². The Morgan fingerprint density at radius 2 is 1.61 bits per heavy atom. The molecule has 0 bridgehead atoms. The number of amides is 1. The van der Waals surface area contributed by atoms with E-state index in [9.17, 15) is 9.90 Å². The van der Waals surface area contributed by atoms with Crippen LogP contribution in [0.3, 0.4) is 0 Å². The minimum atomic E-state index is -0.0272. The predicted octanol–water partition coefficient (Wildman–Crippen LogP) is 3.44. The Labute approximate surface area is 167 Å². The lowest BCUT2D eigenvalue weighted by Crippen LogP contribution is -2.67. The second-order valence-electron chi connectivity index (χ2n) is 8.18. The van der Waals surface area contributed by atoms with Gasteiger partial charge in [-0.15, -0.1) is 0 Å². The Kier molecular flexibility index (Phi) is 6.08. The van der Waals surface area contributed by atoms with Crippen molar-refractivity contribution in [2.45, 2.75) is 43.7 Å². The van der Waals surface area contributed by atoms with E-state index < -0.39 is 0 Å². The Bertz CT molecular complexity index is 759. The summed E-state index contributed by atoms with van der Waals surface area (Å²) in [5.41, 5.74) is 1.95. The third-order valence-electron chi connectivity index (χ3n) is 6.50. The zero-order valence-electron chi connectivity index (χ0n) is 16.3. The highest BCUT2D eigenvalue weighted by Crippen LogP contribution is 2.42. The van der Waals surface area contributed by atoms with E-state index >= 15 is 0 Å². The zero-order valence-corrected chi connectivity index (χ0v) is 16.3. The topological polar surface area (TPSA) is 52.6 Å². The summed E-state index contributed by atoms with van der Waals surface area (Å²) < 4.78 is 0. The highest BCUT2D eigenvalue weighted by atomic mass is 16.3. The van der Waals surface area contributed by atoms with Crippen LogP contribution in [-0.2, 0) is 0 Å². The minimum Gasteiger partial charge on any atom is -0.395 e. The Balaban J connectivity index is 1.49. The highest BCUT2D eigenvalue weighted by Gasteiger charge is 2.49. The molecule has 28 heavy (non-hydrogen) atoms. The van der Waals surface area contributed by atoms with Crippen LogP contribution in [0.4, 0.5) is 0 Å². The average molecular weight is 379 g/mol. The van der Waals surface area contributed by atoms with Gasteiger partial charge in [0.15, 0.2) is 0 Å². The maximum Gasteiger partial charge on any atom is 0.251 e. The standard InChI is InChI=1S/C24H30N2O2/c27-17-22-23(19-11-3-1-4-12-19)21(26(22)16-18-9-7-8-10-18)15-25-24(28)20-13-5-2-6-14-20/h1-6,11-14,18,21-23,27H,7-10,15-17H2,(H,25,28)/t21-,22+,23+/m0/s1. The fourth-order valence-electron chi connectivity index (χ4n) is 5.05. The van der Waals surface area contributed by atoms with Crippen molar-refractivity contribution >= 4 is 5.91 Å². The van der Waals surface area contributed by atoms with E-state index in [0.29, 0.717) is 12.1 Å². The fourth-order valence-corrected chi connectivity index (χ4v) is 5.05. The van der Waals surface area contributed by atoms with Crippen LogP contribution < -0.4 is 5.32 Å². The van der Waals surface area contributed by atoms with Crippen molar-refractivity contribution in [1.29, 1.82) is 0 Å². The zero-order chi connectivity index (χ0) is 19.3. The summed E-state index contributed by atoms with van der Waals surface area (Å²) >= 11 is 0. The van der Waals surface area contributed by atoms with E-state index in [2.05, 4.69) is 34.5 Å². The smallest absolute Gasteiger partial charge is 0.251 e. The summed E-state index contributed by atoms with van der Waals surface area (Å²) in [5, 5.41) is 13.2. The molecule has 1 heterocycles. The number of aliphatic hydroxyl groups is 1. The molecule has 1 aliphatic carbocycles. The molecule has 1 saturated carbocycles. The predicted molar refractivity (Wildman–Crippen MR) is 111 cm³/mol. The maximum absolute atomic E-state index is 12.6. The number of carbonyl (C=O) groups is 1. The summed E-state index contributed by atoms with van der Waals surface area (Å²) in [6.07, 6.45) is 5.21. The van der Waals surface area contributed by atoms with E-state index in [1.807, 2.05) is 36.4 Å². The molecule has 1 saturated heterocycles. The number of likely N-dealkylation sites (tertiary alicyclic amines) is 1. The highest BCUT2D eigenvalue weighted by molar-refractivity contribution is 5.94. The molecule has 0 radical (unpaired) electrons. The van der Waals surface area contributed by atoms with Gasteiger partial charge in [-0.3, -0.25) is 9.69 Å². The van der Waals surface area contributed by atoms with Crippen molar-refractivity contribution in [3.8, 4) is 0 Å². The molecular weight excluding hydrogens is 348 g/mol. The molecule has 2 aromatic rings. The first-order valence-electron chi connectivity index (χ1n) is 10.5. The van der Waals surface area contributed by atoms with Gasteiger partial charge in [-0.05, 0) is 36.5 Å². The van der Waals surface area contributed by atoms with E-state index in [4.69, 9.17) is 0 Å². The van der Waals surface area contributed by atoms with E-state index in [1.165, 1.54) is 31.2 Å². The van der Waals surface area contributed by atoms with E-state index in [-0.39, 0.29) is 30.5 Å². The lowest BCUT2D eigenvalue weighted by Gasteiger charge is -2.56. The average Bonchev–Trinajstić information content (AvgIpc) is 3.25. The molecule has 148 valence electrons. The molecule has 2 N–H and O–H groups in total. The first-order chi connectivity index (χ1) is 13.8. The van der Waals surface area contributed by atoms with Crippen LogP contribution in [0.25, 0.3) is 0 Å². The number of nitrogens with one attached hydrogen (secondary N) is 1. The largest absolute Gasteiger partial charge is 0.395 e. The van der Waals surface area contributed by atoms with Gasteiger partial charge in [0, 0.05) is 36.7 Å². The van der Waals surface area contributed by atoms with Crippen LogP contribution in [-0.4, -0.2) is 47.7 Å². The summed E-state index contributed by atoms with van der Waals surface area (Å²) in [5.74, 6) is 0.947. The normalized spacial score (nSPS) is 25.4. The number of benzene rings is 2. The SMILES string of the molecule is O=C(NC[C@H]1[C@@H](c2ccccc2)[C@@H](CO)N1CC1CCCC1)c1ccccc1. The molecule has 1 amide bonds. The van der Waals surface area contributed by atoms with Crippen LogP contribution in [0.5, 0.6) is 0 Å². The van der Waals surface area contributed by atoms with Gasteiger partial charge in [0.25, 0.3) is 5.91 Å². The monoisotopic (exact) mass is 378 g/mol. The molecule has 0 spiro atoms. The summed E-state index contributed by atoms with van der Waals surface area (Å²) in [6, 6.07) is 20.2. The summed E-state index contributed by atoms with van der Waals surface area (Å²) in [7, 11) is 0. The maximum atomic E-state index is 12.6. The number of aliphatic hydroxyl groups excluding tert-OH is 1. The van der Waals surface area contributed by atoms with Gasteiger partial charge in [0.2, 0.25) is 0 Å². The molecule has 4 nitrogen and oxygen atoms in total. The molecule has 1 aliphatic heterocycles. The molecule has 0 unspecified atom stereocenters. The van der Waals surface area contributed by atoms with Crippen molar-refractivity contribution in [1.82, 2.24) is 10.2 Å². The van der Waals surface area contributed by atoms with Crippen molar-refractivity contribution in [2.75, 3.05) is 19.7 Å². The van der Waals surface area contributed by atoms with Crippen LogP contribution in [0.1, 0.15) is 47.5 Å². The number of rotatable bonds is 7. The lowest BCUT2D eigenvalue weighted by molar-refractivity contribution is -0.0506. The molecule has 4 heteroatoms. The van der Waals surface area contributed by atoms with Crippen LogP contribution in [0.15, 0.2) is 60.7 Å². The second kappa shape index (κ2) is 8.89. The van der Waals surface area contributed by atoms with Gasteiger partial charge in [0.05, 0.1) is 6.61 Å². The van der Waals surface area contributed by atoms with Gasteiger partial charge < -0.3 is 10.4 Å². The van der Waals surface area contributed by atoms with E-state index in [1.54, 1.807) is 0 Å². The molecule has 4 rings (SSSR count).